The second-order valence-corrected chi connectivity index (χ2v) is 6.85. The number of imidazole rings is 1. The summed E-state index contributed by atoms with van der Waals surface area (Å²) >= 11 is 6.36. The fourth-order valence-electron chi connectivity index (χ4n) is 3.84. The standard InChI is InChI=1S/C17H21ClN4O2/c1-12(23)21-8-9-24-15-5-7-20(10-13(15)21)11-14-17(18)19-16-4-2-3-6-22(14)16/h2-4,6,13,15H,5,7-11H2,1H3. The first kappa shape index (κ1) is 15.9. The highest BCUT2D eigenvalue weighted by Crippen LogP contribution is 2.26. The highest BCUT2D eigenvalue weighted by Gasteiger charge is 2.38. The molecule has 0 spiro atoms. The molecule has 1 amide bonds. The fourth-order valence-corrected chi connectivity index (χ4v) is 4.08. The van der Waals surface area contributed by atoms with E-state index in [1.807, 2.05) is 33.7 Å². The van der Waals surface area contributed by atoms with Crippen LogP contribution < -0.4 is 0 Å². The normalized spacial score (nSPS) is 25.0. The number of aromatic nitrogens is 2. The van der Waals surface area contributed by atoms with E-state index in [-0.39, 0.29) is 18.1 Å². The van der Waals surface area contributed by atoms with Crippen LogP contribution in [0.2, 0.25) is 5.15 Å². The van der Waals surface area contributed by atoms with Gasteiger partial charge in [0.05, 0.1) is 24.4 Å². The van der Waals surface area contributed by atoms with Gasteiger partial charge in [0.25, 0.3) is 0 Å². The fraction of sp³-hybridized carbons (Fsp3) is 0.529. The molecule has 2 aromatic rings. The van der Waals surface area contributed by atoms with Crippen LogP contribution in [0.25, 0.3) is 5.65 Å². The smallest absolute Gasteiger partial charge is 0.219 e. The van der Waals surface area contributed by atoms with Crippen molar-refractivity contribution in [3.05, 3.63) is 35.2 Å². The van der Waals surface area contributed by atoms with E-state index in [1.165, 1.54) is 0 Å². The molecule has 4 rings (SSSR count). The Hall–Kier alpha value is -1.63. The maximum atomic E-state index is 11.9. The SMILES string of the molecule is CC(=O)N1CCOC2CCN(Cc3c(Cl)nc4ccccn34)CC21. The highest BCUT2D eigenvalue weighted by atomic mass is 35.5. The van der Waals surface area contributed by atoms with Crippen molar-refractivity contribution in [3.8, 4) is 0 Å². The summed E-state index contributed by atoms with van der Waals surface area (Å²) in [5.74, 6) is 0.128. The maximum absolute atomic E-state index is 11.9. The number of rotatable bonds is 2. The van der Waals surface area contributed by atoms with Gasteiger partial charge in [-0.05, 0) is 18.6 Å². The number of carbonyl (C=O) groups excluding carboxylic acids is 1. The highest BCUT2D eigenvalue weighted by molar-refractivity contribution is 6.30. The topological polar surface area (TPSA) is 50.1 Å². The minimum Gasteiger partial charge on any atom is -0.374 e. The molecular weight excluding hydrogens is 328 g/mol. The van der Waals surface area contributed by atoms with Gasteiger partial charge in [0.1, 0.15) is 5.65 Å². The van der Waals surface area contributed by atoms with Gasteiger partial charge in [0.15, 0.2) is 5.15 Å². The number of morpholine rings is 1. The average Bonchev–Trinajstić information content (AvgIpc) is 2.90. The van der Waals surface area contributed by atoms with Gasteiger partial charge in [0, 0.05) is 39.3 Å². The van der Waals surface area contributed by atoms with E-state index >= 15 is 0 Å². The minimum absolute atomic E-state index is 0.128. The molecule has 128 valence electrons. The van der Waals surface area contributed by atoms with Crippen LogP contribution in [-0.4, -0.2) is 63.5 Å². The predicted molar refractivity (Wildman–Crippen MR) is 91.0 cm³/mol. The second kappa shape index (κ2) is 6.35. The Bertz CT molecular complexity index is 762. The Morgan fingerprint density at radius 1 is 1.42 bits per heavy atom. The van der Waals surface area contributed by atoms with Gasteiger partial charge in [0.2, 0.25) is 5.91 Å². The molecule has 4 heterocycles. The van der Waals surface area contributed by atoms with Crippen molar-refractivity contribution in [2.24, 2.45) is 0 Å². The molecule has 2 atom stereocenters. The van der Waals surface area contributed by atoms with Crippen LogP contribution in [0.15, 0.2) is 24.4 Å². The van der Waals surface area contributed by atoms with Crippen molar-refractivity contribution >= 4 is 23.2 Å². The number of ether oxygens (including phenoxy) is 1. The van der Waals surface area contributed by atoms with Crippen LogP contribution >= 0.6 is 11.6 Å². The van der Waals surface area contributed by atoms with Crippen molar-refractivity contribution in [3.63, 3.8) is 0 Å². The van der Waals surface area contributed by atoms with Crippen LogP contribution in [0.5, 0.6) is 0 Å². The first-order valence-corrected chi connectivity index (χ1v) is 8.74. The zero-order valence-electron chi connectivity index (χ0n) is 13.7. The Labute approximate surface area is 146 Å². The Kier molecular flexibility index (Phi) is 4.20. The monoisotopic (exact) mass is 348 g/mol. The summed E-state index contributed by atoms with van der Waals surface area (Å²) < 4.78 is 7.91. The second-order valence-electron chi connectivity index (χ2n) is 6.49. The molecular formula is C17H21ClN4O2. The molecule has 0 aliphatic carbocycles. The molecule has 24 heavy (non-hydrogen) atoms. The van der Waals surface area contributed by atoms with Gasteiger partial charge < -0.3 is 14.0 Å². The summed E-state index contributed by atoms with van der Waals surface area (Å²) in [4.78, 5) is 20.6. The van der Waals surface area contributed by atoms with Gasteiger partial charge in [-0.25, -0.2) is 4.98 Å². The Morgan fingerprint density at radius 2 is 2.29 bits per heavy atom. The molecule has 0 N–H and O–H groups in total. The van der Waals surface area contributed by atoms with E-state index in [0.29, 0.717) is 18.3 Å². The number of nitrogens with zero attached hydrogens (tertiary/aromatic N) is 4. The number of halogens is 1. The van der Waals surface area contributed by atoms with Crippen molar-refractivity contribution in [2.75, 3.05) is 26.2 Å². The predicted octanol–water partition coefficient (Wildman–Crippen LogP) is 1.81. The molecule has 2 aromatic heterocycles. The van der Waals surface area contributed by atoms with E-state index in [9.17, 15) is 4.79 Å². The molecule has 0 saturated carbocycles. The number of fused-ring (bicyclic) bond motifs is 2. The van der Waals surface area contributed by atoms with E-state index in [1.54, 1.807) is 6.92 Å². The number of likely N-dealkylation sites (tertiary alicyclic amines) is 1. The number of amides is 1. The number of carbonyl (C=O) groups is 1. The Morgan fingerprint density at radius 3 is 3.12 bits per heavy atom. The van der Waals surface area contributed by atoms with E-state index in [4.69, 9.17) is 16.3 Å². The third-order valence-corrected chi connectivity index (χ3v) is 5.33. The molecule has 0 radical (unpaired) electrons. The number of pyridine rings is 1. The number of hydrogen-bond donors (Lipinski definition) is 0. The maximum Gasteiger partial charge on any atom is 0.219 e. The summed E-state index contributed by atoms with van der Waals surface area (Å²) in [5, 5.41) is 0.548. The molecule has 2 unspecified atom stereocenters. The van der Waals surface area contributed by atoms with Crippen LogP contribution in [0.1, 0.15) is 19.0 Å². The van der Waals surface area contributed by atoms with Crippen LogP contribution in [-0.2, 0) is 16.1 Å². The molecule has 2 aliphatic rings. The average molecular weight is 349 g/mol. The Balaban J connectivity index is 1.55. The molecule has 2 fully saturated rings. The molecule has 0 aromatic carbocycles. The van der Waals surface area contributed by atoms with Crippen molar-refractivity contribution in [1.29, 1.82) is 0 Å². The van der Waals surface area contributed by atoms with Crippen LogP contribution in [0.4, 0.5) is 0 Å². The third-order valence-electron chi connectivity index (χ3n) is 5.03. The van der Waals surface area contributed by atoms with Crippen LogP contribution in [0.3, 0.4) is 0 Å². The summed E-state index contributed by atoms with van der Waals surface area (Å²) in [7, 11) is 0. The number of hydrogen-bond acceptors (Lipinski definition) is 4. The van der Waals surface area contributed by atoms with Gasteiger partial charge in [-0.15, -0.1) is 0 Å². The molecule has 2 saturated heterocycles. The third kappa shape index (κ3) is 2.79. The van der Waals surface area contributed by atoms with Crippen molar-refractivity contribution in [1.82, 2.24) is 19.2 Å². The first-order chi connectivity index (χ1) is 11.6. The quantitative estimate of drug-likeness (QED) is 0.830. The lowest BCUT2D eigenvalue weighted by molar-refractivity contribution is -0.150. The molecule has 7 heteroatoms. The lowest BCUT2D eigenvalue weighted by atomic mass is 9.98. The lowest BCUT2D eigenvalue weighted by Gasteiger charge is -2.46. The zero-order chi connectivity index (χ0) is 16.7. The molecule has 6 nitrogen and oxygen atoms in total. The summed E-state index contributed by atoms with van der Waals surface area (Å²) in [6, 6.07) is 6.02. The van der Waals surface area contributed by atoms with Crippen molar-refractivity contribution < 1.29 is 9.53 Å². The largest absolute Gasteiger partial charge is 0.374 e. The van der Waals surface area contributed by atoms with Gasteiger partial charge in [-0.2, -0.15) is 0 Å². The summed E-state index contributed by atoms with van der Waals surface area (Å²) in [6.45, 7) is 5.42. The summed E-state index contributed by atoms with van der Waals surface area (Å²) in [6.07, 6.45) is 3.07. The zero-order valence-corrected chi connectivity index (χ0v) is 14.4. The van der Waals surface area contributed by atoms with Gasteiger partial charge in [-0.3, -0.25) is 9.69 Å². The van der Waals surface area contributed by atoms with E-state index in [0.717, 1.165) is 37.4 Å². The van der Waals surface area contributed by atoms with Gasteiger partial charge in [-0.1, -0.05) is 17.7 Å². The summed E-state index contributed by atoms with van der Waals surface area (Å²) in [5.41, 5.74) is 1.86. The molecule has 2 aliphatic heterocycles. The van der Waals surface area contributed by atoms with Crippen LogP contribution in [0, 0.1) is 0 Å². The van der Waals surface area contributed by atoms with Gasteiger partial charge >= 0.3 is 0 Å². The molecule has 0 bridgehead atoms. The minimum atomic E-state index is 0.128. The lowest BCUT2D eigenvalue weighted by Crippen LogP contribution is -2.60. The van der Waals surface area contributed by atoms with E-state index in [2.05, 4.69) is 9.88 Å². The van der Waals surface area contributed by atoms with Crippen molar-refractivity contribution in [2.45, 2.75) is 32.0 Å². The van der Waals surface area contributed by atoms with E-state index < -0.39 is 0 Å². The number of piperidine rings is 1. The first-order valence-electron chi connectivity index (χ1n) is 8.36.